The van der Waals surface area contributed by atoms with Gasteiger partial charge >= 0.3 is 0 Å². The summed E-state index contributed by atoms with van der Waals surface area (Å²) in [6.45, 7) is 3.97. The zero-order valence-corrected chi connectivity index (χ0v) is 21.9. The van der Waals surface area contributed by atoms with Gasteiger partial charge in [0, 0.05) is 10.9 Å². The molecule has 2 rings (SSSR count). The molecule has 0 radical (unpaired) electrons. The van der Waals surface area contributed by atoms with Crippen LogP contribution in [-0.2, 0) is 11.2 Å². The van der Waals surface area contributed by atoms with Crippen LogP contribution in [0.3, 0.4) is 0 Å². The average molecular weight is 487 g/mol. The lowest BCUT2D eigenvalue weighted by Gasteiger charge is -2.08. The first kappa shape index (κ1) is 28.0. The molecular formula is C28H42N2O3S. The van der Waals surface area contributed by atoms with Crippen LogP contribution < -0.4 is 15.6 Å². The van der Waals surface area contributed by atoms with Gasteiger partial charge in [-0.1, -0.05) is 96.1 Å². The fourth-order valence-corrected chi connectivity index (χ4v) is 4.77. The second kappa shape index (κ2) is 17.3. The van der Waals surface area contributed by atoms with E-state index >= 15 is 0 Å². The number of anilines is 1. The van der Waals surface area contributed by atoms with Crippen LogP contribution in [0.25, 0.3) is 0 Å². The summed E-state index contributed by atoms with van der Waals surface area (Å²) in [5.41, 5.74) is 0.882. The van der Waals surface area contributed by atoms with Gasteiger partial charge in [0.1, 0.15) is 5.75 Å². The summed E-state index contributed by atoms with van der Waals surface area (Å²) in [6.07, 6.45) is 18.7. The summed E-state index contributed by atoms with van der Waals surface area (Å²) in [6, 6.07) is 9.40. The highest BCUT2D eigenvalue weighted by molar-refractivity contribution is 7.15. The van der Waals surface area contributed by atoms with Crippen LogP contribution >= 0.6 is 11.3 Å². The number of aromatic nitrogens is 1. The maximum Gasteiger partial charge on any atom is 0.273 e. The molecule has 0 atom stereocenters. The second-order valence-corrected chi connectivity index (χ2v) is 10.3. The van der Waals surface area contributed by atoms with Gasteiger partial charge in [-0.3, -0.25) is 14.9 Å². The Morgan fingerprint density at radius 2 is 1.53 bits per heavy atom. The smallest absolute Gasteiger partial charge is 0.273 e. The molecule has 1 N–H and O–H groups in total. The predicted octanol–water partition coefficient (Wildman–Crippen LogP) is 7.46. The molecule has 0 aliphatic heterocycles. The van der Waals surface area contributed by atoms with Gasteiger partial charge in [-0.25, -0.2) is 0 Å². The van der Waals surface area contributed by atoms with Gasteiger partial charge in [-0.15, -0.1) is 11.3 Å². The fraction of sp³-hybridized carbons (Fsp3) is 0.607. The molecule has 0 aliphatic carbocycles. The van der Waals surface area contributed by atoms with E-state index < -0.39 is 0 Å². The van der Waals surface area contributed by atoms with Gasteiger partial charge < -0.3 is 4.74 Å². The molecule has 1 aromatic heterocycles. The van der Waals surface area contributed by atoms with Crippen molar-refractivity contribution >= 4 is 22.4 Å². The first-order valence-corrected chi connectivity index (χ1v) is 13.9. The molecule has 0 unspecified atom stereocenters. The largest absolute Gasteiger partial charge is 0.484 e. The summed E-state index contributed by atoms with van der Waals surface area (Å²) in [5.74, 6) is 0.364. The Morgan fingerprint density at radius 1 is 0.912 bits per heavy atom. The van der Waals surface area contributed by atoms with Crippen LogP contribution in [-0.4, -0.2) is 17.5 Å². The molecule has 0 aliphatic rings. The normalized spacial score (nSPS) is 10.9. The summed E-state index contributed by atoms with van der Waals surface area (Å²) in [4.78, 5) is 28.2. The first-order valence-electron chi connectivity index (χ1n) is 13.1. The molecule has 1 amide bonds. The van der Waals surface area contributed by atoms with Gasteiger partial charge in [0.15, 0.2) is 11.7 Å². The van der Waals surface area contributed by atoms with E-state index in [9.17, 15) is 9.59 Å². The van der Waals surface area contributed by atoms with Gasteiger partial charge in [0.2, 0.25) is 0 Å². The minimum absolute atomic E-state index is 0.112. The molecule has 1 heterocycles. The Morgan fingerprint density at radius 3 is 2.15 bits per heavy atom. The van der Waals surface area contributed by atoms with E-state index in [1.165, 1.54) is 106 Å². The number of ether oxygens (including phenoxy) is 1. The molecule has 188 valence electrons. The van der Waals surface area contributed by atoms with E-state index in [4.69, 9.17) is 4.74 Å². The Hall–Kier alpha value is -2.21. The van der Waals surface area contributed by atoms with Crippen molar-refractivity contribution in [3.05, 3.63) is 51.1 Å². The zero-order valence-electron chi connectivity index (χ0n) is 21.1. The van der Waals surface area contributed by atoms with Crippen LogP contribution in [0, 0.1) is 6.92 Å². The number of aryl methyl sites for hydroxylation is 2. The fourth-order valence-electron chi connectivity index (χ4n) is 4.01. The number of nitrogens with one attached hydrogen (secondary N) is 1. The lowest BCUT2D eigenvalue weighted by Crippen LogP contribution is -2.21. The number of hydrogen-bond donors (Lipinski definition) is 1. The third-order valence-electron chi connectivity index (χ3n) is 5.88. The number of amides is 1. The van der Waals surface area contributed by atoms with Gasteiger partial charge in [-0.05, 0) is 37.5 Å². The zero-order chi connectivity index (χ0) is 24.4. The van der Waals surface area contributed by atoms with Crippen LogP contribution in [0.1, 0.15) is 101 Å². The highest BCUT2D eigenvalue weighted by Crippen LogP contribution is 2.18. The summed E-state index contributed by atoms with van der Waals surface area (Å²) >= 11 is 1.27. The van der Waals surface area contributed by atoms with Crippen LogP contribution in [0.5, 0.6) is 5.75 Å². The molecule has 1 aromatic carbocycles. The third kappa shape index (κ3) is 12.9. The van der Waals surface area contributed by atoms with Crippen molar-refractivity contribution < 1.29 is 9.53 Å². The van der Waals surface area contributed by atoms with Crippen LogP contribution in [0.4, 0.5) is 5.13 Å². The summed E-state index contributed by atoms with van der Waals surface area (Å²) < 4.78 is 5.65. The van der Waals surface area contributed by atoms with E-state index in [2.05, 4.69) is 23.3 Å². The molecule has 6 heteroatoms. The van der Waals surface area contributed by atoms with Gasteiger partial charge in [0.25, 0.3) is 11.5 Å². The number of hydrogen-bond acceptors (Lipinski definition) is 5. The molecule has 0 saturated carbocycles. The number of nitrogens with zero attached hydrogens (tertiary/aromatic N) is 1. The van der Waals surface area contributed by atoms with Crippen LogP contribution in [0.15, 0.2) is 35.1 Å². The predicted molar refractivity (Wildman–Crippen MR) is 143 cm³/mol. The van der Waals surface area contributed by atoms with Crippen LogP contribution in [0.2, 0.25) is 0 Å². The van der Waals surface area contributed by atoms with Crippen molar-refractivity contribution in [3.63, 3.8) is 0 Å². The summed E-state index contributed by atoms with van der Waals surface area (Å²) in [7, 11) is 0. The maximum atomic E-state index is 12.1. The molecule has 0 bridgehead atoms. The number of rotatable bonds is 18. The average Bonchev–Trinajstić information content (AvgIpc) is 2.80. The molecule has 0 saturated heterocycles. The maximum absolute atomic E-state index is 12.1. The lowest BCUT2D eigenvalue weighted by molar-refractivity contribution is -0.118. The highest BCUT2D eigenvalue weighted by Gasteiger charge is 2.07. The third-order valence-corrected chi connectivity index (χ3v) is 6.71. The molecule has 5 nitrogen and oxygen atoms in total. The number of carbonyl (C=O) groups is 1. The summed E-state index contributed by atoms with van der Waals surface area (Å²) in [5, 5.41) is 2.93. The second-order valence-electron chi connectivity index (χ2n) is 9.09. The molecule has 34 heavy (non-hydrogen) atoms. The molecule has 2 aromatic rings. The lowest BCUT2D eigenvalue weighted by atomic mass is 10.0. The van der Waals surface area contributed by atoms with E-state index in [1.807, 2.05) is 25.1 Å². The van der Waals surface area contributed by atoms with Gasteiger partial charge in [-0.2, -0.15) is 4.98 Å². The Kier molecular flexibility index (Phi) is 14.2. The van der Waals surface area contributed by atoms with Crippen molar-refractivity contribution in [3.8, 4) is 5.75 Å². The monoisotopic (exact) mass is 486 g/mol. The van der Waals surface area contributed by atoms with E-state index in [-0.39, 0.29) is 18.1 Å². The number of carbonyl (C=O) groups excluding carboxylic acids is 1. The number of benzene rings is 1. The van der Waals surface area contributed by atoms with Crippen molar-refractivity contribution in [1.29, 1.82) is 0 Å². The minimum atomic E-state index is -0.353. The standard InChI is InChI=1S/C28H42N2O3S/c1-3-4-5-6-7-8-9-10-11-12-13-14-15-17-24-18-16-19-25(21-24)33-22-27(32)30-28-29-26(31)20-23(2)34-28/h16,18-21H,3-15,17,22H2,1-2H3,(H,29,30,31,32). The minimum Gasteiger partial charge on any atom is -0.484 e. The SMILES string of the molecule is CCCCCCCCCCCCCCCc1cccc(OCC(=O)Nc2nc(=O)cc(C)s2)c1. The van der Waals surface area contributed by atoms with Crippen molar-refractivity contribution in [2.75, 3.05) is 11.9 Å². The Labute approximate surface area is 209 Å². The van der Waals surface area contributed by atoms with Gasteiger partial charge in [0.05, 0.1) is 0 Å². The molecular weight excluding hydrogens is 444 g/mol. The quantitative estimate of drug-likeness (QED) is 0.222. The molecule has 0 spiro atoms. The first-order chi connectivity index (χ1) is 16.6. The topological polar surface area (TPSA) is 68.3 Å². The number of unbranched alkanes of at least 4 members (excludes halogenated alkanes) is 12. The van der Waals surface area contributed by atoms with Crippen molar-refractivity contribution in [2.24, 2.45) is 0 Å². The Balaban J connectivity index is 1.54. The Bertz CT molecular complexity index is 897. The molecule has 0 fully saturated rings. The van der Waals surface area contributed by atoms with E-state index in [1.54, 1.807) is 0 Å². The van der Waals surface area contributed by atoms with E-state index in [0.29, 0.717) is 10.9 Å². The van der Waals surface area contributed by atoms with Crippen molar-refractivity contribution in [2.45, 2.75) is 104 Å². The van der Waals surface area contributed by atoms with E-state index in [0.717, 1.165) is 11.3 Å². The highest BCUT2D eigenvalue weighted by atomic mass is 32.1. The van der Waals surface area contributed by atoms with Crippen molar-refractivity contribution in [1.82, 2.24) is 4.98 Å².